The standard InChI is InChI=1S/C23H17NO3/c25-21-14-11-18-7-4-8-20-22(18)24(21)23(26,15-27-20)19-12-9-17(10-13-19)16-5-2-1-3-6-16/h1-14,26H,15H2. The van der Waals surface area contributed by atoms with E-state index in [9.17, 15) is 9.90 Å². The lowest BCUT2D eigenvalue weighted by atomic mass is 9.97. The predicted molar refractivity (Wildman–Crippen MR) is 105 cm³/mol. The van der Waals surface area contributed by atoms with Gasteiger partial charge >= 0.3 is 0 Å². The molecule has 4 nitrogen and oxygen atoms in total. The highest BCUT2D eigenvalue weighted by Crippen LogP contribution is 2.36. The first-order valence-corrected chi connectivity index (χ1v) is 8.83. The molecule has 1 N–H and O–H groups in total. The fourth-order valence-corrected chi connectivity index (χ4v) is 3.76. The van der Waals surface area contributed by atoms with Gasteiger partial charge in [-0.3, -0.25) is 9.36 Å². The molecule has 0 aliphatic carbocycles. The maximum Gasteiger partial charge on any atom is 0.253 e. The molecule has 2 heterocycles. The molecule has 1 aliphatic heterocycles. The molecule has 0 bridgehead atoms. The van der Waals surface area contributed by atoms with Crippen molar-refractivity contribution in [3.05, 3.63) is 101 Å². The first-order chi connectivity index (χ1) is 13.2. The van der Waals surface area contributed by atoms with Crippen LogP contribution in [0.2, 0.25) is 0 Å². The van der Waals surface area contributed by atoms with E-state index in [2.05, 4.69) is 0 Å². The highest BCUT2D eigenvalue weighted by molar-refractivity contribution is 5.85. The minimum atomic E-state index is -1.56. The number of para-hydroxylation sites is 1. The molecular weight excluding hydrogens is 338 g/mol. The Balaban J connectivity index is 1.68. The maximum atomic E-state index is 12.7. The van der Waals surface area contributed by atoms with Crippen molar-refractivity contribution in [3.63, 3.8) is 0 Å². The lowest BCUT2D eigenvalue weighted by molar-refractivity contribution is -0.0434. The van der Waals surface area contributed by atoms with Crippen LogP contribution in [-0.2, 0) is 5.72 Å². The summed E-state index contributed by atoms with van der Waals surface area (Å²) < 4.78 is 7.27. The molecule has 1 aliphatic rings. The van der Waals surface area contributed by atoms with Crippen LogP contribution in [0.1, 0.15) is 5.56 Å². The van der Waals surface area contributed by atoms with Crippen LogP contribution in [0, 0.1) is 0 Å². The quantitative estimate of drug-likeness (QED) is 0.596. The van der Waals surface area contributed by atoms with Crippen molar-refractivity contribution in [1.82, 2.24) is 4.57 Å². The van der Waals surface area contributed by atoms with Gasteiger partial charge in [-0.25, -0.2) is 0 Å². The maximum absolute atomic E-state index is 12.7. The van der Waals surface area contributed by atoms with Gasteiger partial charge in [0.15, 0.2) is 0 Å². The molecule has 1 aromatic heterocycles. The van der Waals surface area contributed by atoms with E-state index in [0.29, 0.717) is 16.8 Å². The third-order valence-electron chi connectivity index (χ3n) is 5.13. The Labute approximate surface area is 155 Å². The number of ether oxygens (including phenoxy) is 1. The second-order valence-corrected chi connectivity index (χ2v) is 6.75. The molecule has 0 fully saturated rings. The molecule has 27 heavy (non-hydrogen) atoms. The largest absolute Gasteiger partial charge is 0.486 e. The van der Waals surface area contributed by atoms with Gasteiger partial charge in [0.05, 0.1) is 5.52 Å². The molecule has 4 heteroatoms. The van der Waals surface area contributed by atoms with Crippen molar-refractivity contribution in [3.8, 4) is 16.9 Å². The van der Waals surface area contributed by atoms with E-state index in [-0.39, 0.29) is 12.2 Å². The number of aliphatic hydroxyl groups is 1. The fraction of sp³-hybridized carbons (Fsp3) is 0.0870. The summed E-state index contributed by atoms with van der Waals surface area (Å²) in [7, 11) is 0. The lowest BCUT2D eigenvalue weighted by Crippen LogP contribution is -2.48. The van der Waals surface area contributed by atoms with E-state index in [1.165, 1.54) is 10.6 Å². The molecule has 5 rings (SSSR count). The fourth-order valence-electron chi connectivity index (χ4n) is 3.76. The van der Waals surface area contributed by atoms with E-state index in [0.717, 1.165) is 16.5 Å². The van der Waals surface area contributed by atoms with Crippen LogP contribution in [0.4, 0.5) is 0 Å². The number of rotatable bonds is 2. The smallest absolute Gasteiger partial charge is 0.253 e. The molecule has 0 amide bonds. The molecule has 1 atom stereocenters. The normalized spacial score (nSPS) is 18.3. The summed E-state index contributed by atoms with van der Waals surface area (Å²) in [6.45, 7) is -0.0201. The second kappa shape index (κ2) is 5.83. The van der Waals surface area contributed by atoms with Crippen LogP contribution in [0.5, 0.6) is 5.75 Å². The molecule has 0 radical (unpaired) electrons. The van der Waals surface area contributed by atoms with E-state index >= 15 is 0 Å². The Bertz CT molecular complexity index is 1200. The number of hydrogen-bond donors (Lipinski definition) is 1. The van der Waals surface area contributed by atoms with Gasteiger partial charge in [-0.1, -0.05) is 66.7 Å². The molecule has 0 spiro atoms. The number of hydrogen-bond acceptors (Lipinski definition) is 3. The van der Waals surface area contributed by atoms with Crippen LogP contribution in [0.25, 0.3) is 22.0 Å². The number of benzene rings is 3. The highest BCUT2D eigenvalue weighted by atomic mass is 16.5. The zero-order valence-corrected chi connectivity index (χ0v) is 14.5. The van der Waals surface area contributed by atoms with Gasteiger partial charge in [0.2, 0.25) is 5.72 Å². The van der Waals surface area contributed by atoms with Gasteiger partial charge in [-0.05, 0) is 23.3 Å². The molecule has 3 aromatic carbocycles. The number of aromatic nitrogens is 1. The molecule has 132 valence electrons. The lowest BCUT2D eigenvalue weighted by Gasteiger charge is -2.36. The predicted octanol–water partition coefficient (Wildman–Crippen LogP) is 3.75. The second-order valence-electron chi connectivity index (χ2n) is 6.75. The Morgan fingerprint density at radius 2 is 1.56 bits per heavy atom. The summed E-state index contributed by atoms with van der Waals surface area (Å²) >= 11 is 0. The summed E-state index contributed by atoms with van der Waals surface area (Å²) in [5.74, 6) is 0.607. The molecular formula is C23H17NO3. The van der Waals surface area contributed by atoms with Crippen LogP contribution in [0.15, 0.2) is 89.7 Å². The summed E-state index contributed by atoms with van der Waals surface area (Å²) in [4.78, 5) is 12.7. The summed E-state index contributed by atoms with van der Waals surface area (Å²) in [5.41, 5.74) is 1.57. The van der Waals surface area contributed by atoms with Gasteiger partial charge in [0.25, 0.3) is 5.56 Å². The molecule has 4 aromatic rings. The minimum absolute atomic E-state index is 0.0201. The Hall–Kier alpha value is -3.37. The topological polar surface area (TPSA) is 51.5 Å². The molecule has 0 saturated heterocycles. The Morgan fingerprint density at radius 3 is 2.33 bits per heavy atom. The highest BCUT2D eigenvalue weighted by Gasteiger charge is 2.38. The van der Waals surface area contributed by atoms with Crippen LogP contribution < -0.4 is 10.3 Å². The van der Waals surface area contributed by atoms with E-state index in [4.69, 9.17) is 4.74 Å². The minimum Gasteiger partial charge on any atom is -0.486 e. The van der Waals surface area contributed by atoms with Gasteiger partial charge in [0, 0.05) is 17.0 Å². The average molecular weight is 355 g/mol. The van der Waals surface area contributed by atoms with E-state index in [1.54, 1.807) is 6.07 Å². The van der Waals surface area contributed by atoms with Crippen molar-refractivity contribution in [2.75, 3.05) is 6.61 Å². The van der Waals surface area contributed by atoms with Gasteiger partial charge in [-0.15, -0.1) is 0 Å². The summed E-state index contributed by atoms with van der Waals surface area (Å²) in [5, 5.41) is 12.3. The average Bonchev–Trinajstić information content (AvgIpc) is 2.73. The van der Waals surface area contributed by atoms with Crippen molar-refractivity contribution in [2.45, 2.75) is 5.72 Å². The SMILES string of the molecule is O=c1ccc2cccc3c2n1C(O)(c1ccc(-c2ccccc2)cc1)CO3. The van der Waals surface area contributed by atoms with Crippen LogP contribution in [0.3, 0.4) is 0 Å². The van der Waals surface area contributed by atoms with Crippen LogP contribution >= 0.6 is 0 Å². The van der Waals surface area contributed by atoms with Crippen molar-refractivity contribution < 1.29 is 9.84 Å². The molecule has 0 saturated carbocycles. The number of nitrogens with zero attached hydrogens (tertiary/aromatic N) is 1. The zero-order chi connectivity index (χ0) is 18.4. The van der Waals surface area contributed by atoms with Gasteiger partial charge < -0.3 is 9.84 Å². The van der Waals surface area contributed by atoms with Crippen molar-refractivity contribution in [2.24, 2.45) is 0 Å². The zero-order valence-electron chi connectivity index (χ0n) is 14.5. The Morgan fingerprint density at radius 1 is 0.815 bits per heavy atom. The third-order valence-corrected chi connectivity index (χ3v) is 5.13. The Kier molecular flexibility index (Phi) is 3.42. The first-order valence-electron chi connectivity index (χ1n) is 8.83. The van der Waals surface area contributed by atoms with Crippen molar-refractivity contribution in [1.29, 1.82) is 0 Å². The van der Waals surface area contributed by atoms with E-state index in [1.807, 2.05) is 72.8 Å². The monoisotopic (exact) mass is 355 g/mol. The molecule has 1 unspecified atom stereocenters. The third kappa shape index (κ3) is 2.38. The van der Waals surface area contributed by atoms with Gasteiger partial charge in [-0.2, -0.15) is 0 Å². The first kappa shape index (κ1) is 15.9. The van der Waals surface area contributed by atoms with Gasteiger partial charge in [0.1, 0.15) is 12.4 Å². The summed E-state index contributed by atoms with van der Waals surface area (Å²) in [6, 6.07) is 26.5. The number of pyridine rings is 1. The van der Waals surface area contributed by atoms with Crippen LogP contribution in [-0.4, -0.2) is 16.3 Å². The summed E-state index contributed by atoms with van der Waals surface area (Å²) in [6.07, 6.45) is 0. The van der Waals surface area contributed by atoms with Crippen molar-refractivity contribution >= 4 is 10.9 Å². The van der Waals surface area contributed by atoms with E-state index < -0.39 is 5.72 Å².